The summed E-state index contributed by atoms with van der Waals surface area (Å²) in [5.74, 6) is -1.17. The second kappa shape index (κ2) is 3.56. The van der Waals surface area contributed by atoms with Crippen LogP contribution in [-0.2, 0) is 9.90 Å². The van der Waals surface area contributed by atoms with Gasteiger partial charge in [0.1, 0.15) is 0 Å². The van der Waals surface area contributed by atoms with Crippen LogP contribution >= 0.6 is 0 Å². The van der Waals surface area contributed by atoms with E-state index in [1.165, 1.54) is 6.08 Å². The minimum Gasteiger partial charge on any atom is -0.242 e. The lowest BCUT2D eigenvalue weighted by molar-refractivity contribution is -0.137. The summed E-state index contributed by atoms with van der Waals surface area (Å²) >= 11 is 0. The monoisotopic (exact) mass is 147 g/mol. The van der Waals surface area contributed by atoms with Crippen molar-refractivity contribution in [3.8, 4) is 0 Å². The molecule has 1 aromatic rings. The van der Waals surface area contributed by atoms with Gasteiger partial charge in [0, 0.05) is 6.08 Å². The van der Waals surface area contributed by atoms with Gasteiger partial charge < -0.3 is 0 Å². The first-order valence-corrected chi connectivity index (χ1v) is 3.23. The van der Waals surface area contributed by atoms with E-state index in [-0.39, 0.29) is 0 Å². The number of hydrogen-bond acceptors (Lipinski definition) is 1. The third kappa shape index (κ3) is 2.67. The first-order valence-electron chi connectivity index (χ1n) is 3.23. The molecule has 0 aliphatic heterocycles. The fourth-order valence-corrected chi connectivity index (χ4v) is 0.728. The molecule has 0 aliphatic carbocycles. The maximum atomic E-state index is 9.97. The lowest BCUT2D eigenvalue weighted by Gasteiger charge is -1.87. The van der Waals surface area contributed by atoms with Crippen LogP contribution in [0.2, 0.25) is 0 Å². The average Bonchev–Trinajstić information content (AvgIpc) is 2.03. The molecule has 2 heteroatoms. The van der Waals surface area contributed by atoms with E-state index in [0.29, 0.717) is 0 Å². The summed E-state index contributed by atoms with van der Waals surface area (Å²) in [6.07, 6.45) is 2.50. The normalized spacial score (nSPS) is 10.2. The molecule has 1 rings (SSSR count). The molecule has 0 saturated heterocycles. The predicted octanol–water partition coefficient (Wildman–Crippen LogP) is 1.66. The Morgan fingerprint density at radius 3 is 2.36 bits per heavy atom. The first kappa shape index (κ1) is 7.54. The van der Waals surface area contributed by atoms with E-state index < -0.39 is 5.97 Å². The Morgan fingerprint density at radius 1 is 1.18 bits per heavy atom. The van der Waals surface area contributed by atoms with Crippen molar-refractivity contribution in [2.24, 2.45) is 0 Å². The molecule has 0 fully saturated rings. The number of carbonyl (C=O) groups excluding carboxylic acids is 1. The number of benzene rings is 1. The van der Waals surface area contributed by atoms with Crippen LogP contribution in [0.15, 0.2) is 36.4 Å². The van der Waals surface area contributed by atoms with E-state index in [1.54, 1.807) is 0 Å². The molecule has 0 bridgehead atoms. The van der Waals surface area contributed by atoms with Gasteiger partial charge in [-0.15, -0.1) is 0 Å². The summed E-state index contributed by atoms with van der Waals surface area (Å²) in [7, 11) is 0. The second-order valence-electron chi connectivity index (χ2n) is 2.06. The summed E-state index contributed by atoms with van der Waals surface area (Å²) in [6, 6.07) is 9.19. The van der Waals surface area contributed by atoms with Crippen LogP contribution in [-0.4, -0.2) is 5.97 Å². The van der Waals surface area contributed by atoms with Crippen molar-refractivity contribution in [2.75, 3.05) is 0 Å². The van der Waals surface area contributed by atoms with Crippen molar-refractivity contribution in [1.29, 1.82) is 0 Å². The van der Waals surface area contributed by atoms with Crippen molar-refractivity contribution in [3.05, 3.63) is 42.0 Å². The molecule has 0 heterocycles. The fourth-order valence-electron chi connectivity index (χ4n) is 0.728. The summed E-state index contributed by atoms with van der Waals surface area (Å²) in [5, 5.41) is 9.97. The predicted molar refractivity (Wildman–Crippen MR) is 41.2 cm³/mol. The Morgan fingerprint density at radius 2 is 1.82 bits per heavy atom. The molecular weight excluding hydrogens is 140 g/mol. The fraction of sp³-hybridized carbons (Fsp3) is 0. The molecule has 55 valence electrons. The molecule has 0 spiro atoms. The Kier molecular flexibility index (Phi) is 2.44. The summed E-state index contributed by atoms with van der Waals surface area (Å²) in [5.41, 5.74) is 0.858. The Hall–Kier alpha value is -1.57. The summed E-state index contributed by atoms with van der Waals surface area (Å²) in [6.45, 7) is 0. The van der Waals surface area contributed by atoms with Gasteiger partial charge in [-0.25, -0.2) is 9.90 Å². The molecule has 0 aliphatic rings. The lowest BCUT2D eigenvalue weighted by atomic mass is 10.2. The Balaban J connectivity index is 2.72. The molecule has 0 aromatic heterocycles. The van der Waals surface area contributed by atoms with E-state index in [1.807, 2.05) is 30.3 Å². The molecule has 1 aromatic carbocycles. The molecule has 2 nitrogen and oxygen atoms in total. The van der Waals surface area contributed by atoms with Crippen molar-refractivity contribution >= 4 is 12.0 Å². The van der Waals surface area contributed by atoms with Crippen LogP contribution in [0, 0.1) is 0 Å². The number of rotatable bonds is 2. The van der Waals surface area contributed by atoms with E-state index in [2.05, 4.69) is 0 Å². The average molecular weight is 147 g/mol. The second-order valence-corrected chi connectivity index (χ2v) is 2.06. The summed E-state index contributed by atoms with van der Waals surface area (Å²) in [4.78, 5) is 9.97. The van der Waals surface area contributed by atoms with Gasteiger partial charge in [0.15, 0.2) is 0 Å². The lowest BCUT2D eigenvalue weighted by Crippen LogP contribution is -1.82. The maximum absolute atomic E-state index is 9.97. The number of carbonyl (C=O) groups is 1. The maximum Gasteiger partial charge on any atom is 0.379 e. The van der Waals surface area contributed by atoms with Crippen LogP contribution in [0.5, 0.6) is 0 Å². The highest BCUT2D eigenvalue weighted by atomic mass is 16.4. The smallest absolute Gasteiger partial charge is 0.242 e. The van der Waals surface area contributed by atoms with Crippen molar-refractivity contribution < 1.29 is 9.90 Å². The minimum absolute atomic E-state index is 0.858. The molecule has 0 atom stereocenters. The topological polar surface area (TPSA) is 37.0 Å². The zero-order chi connectivity index (χ0) is 8.10. The van der Waals surface area contributed by atoms with Gasteiger partial charge in [-0.05, 0) is 11.6 Å². The van der Waals surface area contributed by atoms with Crippen molar-refractivity contribution in [1.82, 2.24) is 0 Å². The molecular formula is C9H7O2. The van der Waals surface area contributed by atoms with E-state index in [0.717, 1.165) is 11.6 Å². The van der Waals surface area contributed by atoms with E-state index >= 15 is 0 Å². The third-order valence-electron chi connectivity index (χ3n) is 1.21. The Bertz CT molecular complexity index is 262. The molecule has 0 saturated carbocycles. The highest BCUT2D eigenvalue weighted by Crippen LogP contribution is 1.99. The van der Waals surface area contributed by atoms with Gasteiger partial charge in [0.2, 0.25) is 0 Å². The van der Waals surface area contributed by atoms with E-state index in [9.17, 15) is 9.90 Å². The zero-order valence-corrected chi connectivity index (χ0v) is 5.86. The van der Waals surface area contributed by atoms with Gasteiger partial charge in [0.25, 0.3) is 0 Å². The van der Waals surface area contributed by atoms with Gasteiger partial charge >= 0.3 is 5.97 Å². The first-order chi connectivity index (χ1) is 5.29. The van der Waals surface area contributed by atoms with E-state index in [4.69, 9.17) is 0 Å². The van der Waals surface area contributed by atoms with Crippen molar-refractivity contribution in [2.45, 2.75) is 0 Å². The number of hydrogen-bond donors (Lipinski definition) is 0. The quantitative estimate of drug-likeness (QED) is 0.586. The third-order valence-corrected chi connectivity index (χ3v) is 1.21. The molecule has 0 N–H and O–H groups in total. The van der Waals surface area contributed by atoms with Crippen LogP contribution in [0.25, 0.3) is 6.08 Å². The van der Waals surface area contributed by atoms with Gasteiger partial charge in [-0.1, -0.05) is 30.3 Å². The van der Waals surface area contributed by atoms with Crippen LogP contribution in [0.4, 0.5) is 0 Å². The molecule has 1 radical (unpaired) electrons. The van der Waals surface area contributed by atoms with Crippen molar-refractivity contribution in [3.63, 3.8) is 0 Å². The van der Waals surface area contributed by atoms with Gasteiger partial charge in [-0.3, -0.25) is 0 Å². The molecule has 11 heavy (non-hydrogen) atoms. The standard InChI is InChI=1S/C9H7O2/c10-9(11)7-6-8-4-2-1-3-5-8/h1-7H. The molecule has 0 amide bonds. The highest BCUT2D eigenvalue weighted by Gasteiger charge is 1.88. The Labute approximate surface area is 64.8 Å². The SMILES string of the molecule is [O]C(=O)C=Cc1ccccc1. The highest BCUT2D eigenvalue weighted by molar-refractivity contribution is 5.84. The van der Waals surface area contributed by atoms with Crippen LogP contribution in [0.3, 0.4) is 0 Å². The minimum atomic E-state index is -1.17. The van der Waals surface area contributed by atoms with Gasteiger partial charge in [0.05, 0.1) is 0 Å². The summed E-state index contributed by atoms with van der Waals surface area (Å²) < 4.78 is 0. The molecule has 0 unspecified atom stereocenters. The van der Waals surface area contributed by atoms with Crippen LogP contribution < -0.4 is 0 Å². The van der Waals surface area contributed by atoms with Crippen LogP contribution in [0.1, 0.15) is 5.56 Å². The zero-order valence-electron chi connectivity index (χ0n) is 5.86. The largest absolute Gasteiger partial charge is 0.379 e. The van der Waals surface area contributed by atoms with Gasteiger partial charge in [-0.2, -0.15) is 0 Å².